The highest BCUT2D eigenvalue weighted by Gasteiger charge is 2.27. The summed E-state index contributed by atoms with van der Waals surface area (Å²) in [6, 6.07) is 7.46. The van der Waals surface area contributed by atoms with E-state index in [4.69, 9.17) is 16.3 Å². The van der Waals surface area contributed by atoms with E-state index in [2.05, 4.69) is 10.3 Å². The first-order chi connectivity index (χ1) is 11.1. The molecule has 1 heterocycles. The summed E-state index contributed by atoms with van der Waals surface area (Å²) in [4.78, 5) is 16.2. The summed E-state index contributed by atoms with van der Waals surface area (Å²) in [7, 11) is 0. The fourth-order valence-electron chi connectivity index (χ4n) is 2.33. The third-order valence-corrected chi connectivity index (χ3v) is 3.73. The zero-order chi connectivity index (χ0) is 16.2. The van der Waals surface area contributed by atoms with Crippen molar-refractivity contribution >= 4 is 34.2 Å². The summed E-state index contributed by atoms with van der Waals surface area (Å²) in [5, 5.41) is 4.93. The summed E-state index contributed by atoms with van der Waals surface area (Å²) in [6.45, 7) is 2.36. The Morgan fingerprint density at radius 3 is 2.87 bits per heavy atom. The Labute approximate surface area is 141 Å². The molecule has 1 aliphatic rings. The molecule has 117 valence electrons. The summed E-state index contributed by atoms with van der Waals surface area (Å²) in [5.41, 5.74) is 1.76. The number of hydrogen-bond donors (Lipinski definition) is 1. The molecule has 1 aromatic heterocycles. The van der Waals surface area contributed by atoms with Gasteiger partial charge in [0.05, 0.1) is 18.0 Å². The predicted molar refractivity (Wildman–Crippen MR) is 91.2 cm³/mol. The molecular weight excluding hydrogens is 312 g/mol. The van der Waals surface area contributed by atoms with Crippen LogP contribution < -0.4 is 5.32 Å². The highest BCUT2D eigenvalue weighted by atomic mass is 35.5. The highest BCUT2D eigenvalue weighted by Crippen LogP contribution is 2.26. The minimum atomic E-state index is -0.310. The van der Waals surface area contributed by atoms with Crippen LogP contribution in [0.5, 0.6) is 0 Å². The van der Waals surface area contributed by atoms with Gasteiger partial charge in [-0.05, 0) is 56.9 Å². The Bertz CT molecular complexity index is 698. The third-order valence-electron chi connectivity index (χ3n) is 3.49. The number of hydrogen-bond acceptors (Lipinski definition) is 4. The van der Waals surface area contributed by atoms with E-state index in [1.165, 1.54) is 0 Å². The summed E-state index contributed by atoms with van der Waals surface area (Å²) < 4.78 is 5.41. The van der Waals surface area contributed by atoms with Crippen molar-refractivity contribution in [1.29, 1.82) is 0 Å². The minimum Gasteiger partial charge on any atom is -0.460 e. The maximum absolute atomic E-state index is 11.9. The molecule has 3 rings (SSSR count). The summed E-state index contributed by atoms with van der Waals surface area (Å²) >= 11 is 5.99. The van der Waals surface area contributed by atoms with E-state index >= 15 is 0 Å². The number of ether oxygens (including phenoxy) is 1. The monoisotopic (exact) mass is 327 g/mol. The number of fused-ring (bicyclic) bond motifs is 1. The second-order valence-corrected chi connectivity index (χ2v) is 5.73. The predicted octanol–water partition coefficient (Wildman–Crippen LogP) is 3.64. The number of nitrogens with zero attached hydrogens (tertiary/aromatic N) is 1. The fraction of sp³-hybridized carbons (Fsp3) is 0.167. The summed E-state index contributed by atoms with van der Waals surface area (Å²) in [5.74, 6) is 0.261. The molecule has 1 aliphatic carbocycles. The Balaban J connectivity index is 1.60. The van der Waals surface area contributed by atoms with Crippen molar-refractivity contribution in [2.24, 2.45) is 0 Å². The van der Waals surface area contributed by atoms with E-state index in [0.29, 0.717) is 17.5 Å². The molecule has 5 heteroatoms. The van der Waals surface area contributed by atoms with Crippen LogP contribution >= 0.6 is 11.6 Å². The van der Waals surface area contributed by atoms with Gasteiger partial charge in [-0.25, -0.2) is 0 Å². The van der Waals surface area contributed by atoms with Crippen LogP contribution in [0.2, 0.25) is 5.02 Å². The van der Waals surface area contributed by atoms with Gasteiger partial charge < -0.3 is 10.1 Å². The lowest BCUT2D eigenvalue weighted by Crippen LogP contribution is -2.26. The molecule has 1 atom stereocenters. The van der Waals surface area contributed by atoms with Gasteiger partial charge in [-0.3, -0.25) is 9.78 Å². The number of esters is 1. The molecule has 1 fully saturated rings. The van der Waals surface area contributed by atoms with Gasteiger partial charge in [-0.15, -0.1) is 0 Å². The molecule has 0 bridgehead atoms. The van der Waals surface area contributed by atoms with Gasteiger partial charge in [0, 0.05) is 22.3 Å². The van der Waals surface area contributed by atoms with Gasteiger partial charge in [0.1, 0.15) is 6.10 Å². The molecule has 23 heavy (non-hydrogen) atoms. The number of halogens is 1. The summed E-state index contributed by atoms with van der Waals surface area (Å²) in [6.07, 6.45) is 8.57. The molecule has 0 spiro atoms. The number of carbonyl (C=O) groups excluding carboxylic acids is 1. The molecule has 1 saturated carbocycles. The van der Waals surface area contributed by atoms with Gasteiger partial charge in [0.2, 0.25) is 0 Å². The first kappa shape index (κ1) is 16.1. The maximum Gasteiger partial charge on any atom is 0.314 e. The van der Waals surface area contributed by atoms with E-state index in [9.17, 15) is 4.79 Å². The first-order valence-corrected chi connectivity index (χ1v) is 7.72. The second kappa shape index (κ2) is 7.18. The topological polar surface area (TPSA) is 51.2 Å². The van der Waals surface area contributed by atoms with Crippen LogP contribution in [-0.4, -0.2) is 23.6 Å². The van der Waals surface area contributed by atoms with E-state index in [1.54, 1.807) is 19.0 Å². The van der Waals surface area contributed by atoms with Gasteiger partial charge >= 0.3 is 5.97 Å². The molecule has 1 N–H and O–H groups in total. The van der Waals surface area contributed by atoms with Crippen molar-refractivity contribution in [2.75, 3.05) is 11.9 Å². The lowest BCUT2D eigenvalue weighted by atomic mass is 10.1. The van der Waals surface area contributed by atoms with Crippen molar-refractivity contribution in [2.45, 2.75) is 13.0 Å². The van der Waals surface area contributed by atoms with Gasteiger partial charge in [0.15, 0.2) is 0 Å². The second-order valence-electron chi connectivity index (χ2n) is 5.29. The molecule has 0 amide bonds. The van der Waals surface area contributed by atoms with Crippen molar-refractivity contribution < 1.29 is 9.53 Å². The molecule has 5 radical (unpaired) electrons. The number of rotatable bonds is 5. The molecular formula is C18H16ClN2O2. The van der Waals surface area contributed by atoms with Crippen molar-refractivity contribution in [3.8, 4) is 0 Å². The maximum atomic E-state index is 11.9. The van der Waals surface area contributed by atoms with E-state index in [-0.39, 0.29) is 12.1 Å². The van der Waals surface area contributed by atoms with Crippen LogP contribution in [0.15, 0.2) is 30.5 Å². The quantitative estimate of drug-likeness (QED) is 0.852. The molecule has 0 aliphatic heterocycles. The van der Waals surface area contributed by atoms with Crippen LogP contribution in [0.25, 0.3) is 10.9 Å². The average molecular weight is 328 g/mol. The van der Waals surface area contributed by atoms with Gasteiger partial charge in [0.25, 0.3) is 0 Å². The standard InChI is InChI=1S/C18H16ClN2O2/c1-12(23-18(22)13-4-2-3-5-13)11-21-16-8-9-20-17-10-14(19)6-7-15(16)17/h2-10,12H,11H2,1H3,(H,20,21). The molecule has 1 unspecified atom stereocenters. The number of carbonyl (C=O) groups is 1. The largest absolute Gasteiger partial charge is 0.460 e. The number of aromatic nitrogens is 1. The lowest BCUT2D eigenvalue weighted by Gasteiger charge is -2.17. The molecule has 2 aromatic rings. The number of benzene rings is 1. The third kappa shape index (κ3) is 3.94. The van der Waals surface area contributed by atoms with Gasteiger partial charge in [-0.1, -0.05) is 11.6 Å². The van der Waals surface area contributed by atoms with Crippen LogP contribution in [-0.2, 0) is 9.53 Å². The first-order valence-electron chi connectivity index (χ1n) is 7.34. The Morgan fingerprint density at radius 2 is 2.09 bits per heavy atom. The molecule has 0 saturated heterocycles. The normalized spacial score (nSPS) is 16.4. The van der Waals surface area contributed by atoms with E-state index < -0.39 is 0 Å². The number of pyridine rings is 1. The fourth-order valence-corrected chi connectivity index (χ4v) is 2.50. The van der Waals surface area contributed by atoms with E-state index in [1.807, 2.05) is 44.0 Å². The Morgan fingerprint density at radius 1 is 1.30 bits per heavy atom. The van der Waals surface area contributed by atoms with E-state index in [0.717, 1.165) is 16.6 Å². The van der Waals surface area contributed by atoms with Crippen LogP contribution in [0.4, 0.5) is 5.69 Å². The Kier molecular flexibility index (Phi) is 5.01. The average Bonchev–Trinajstić information content (AvgIpc) is 3.07. The molecule has 1 aromatic carbocycles. The van der Waals surface area contributed by atoms with Crippen LogP contribution in [0.3, 0.4) is 0 Å². The Hall–Kier alpha value is -1.81. The van der Waals surface area contributed by atoms with Crippen LogP contribution in [0, 0.1) is 31.6 Å². The van der Waals surface area contributed by atoms with Crippen LogP contribution in [0.1, 0.15) is 6.92 Å². The lowest BCUT2D eigenvalue weighted by molar-refractivity contribution is -0.144. The van der Waals surface area contributed by atoms with Crippen molar-refractivity contribution in [1.82, 2.24) is 4.98 Å². The van der Waals surface area contributed by atoms with Crippen molar-refractivity contribution in [3.05, 3.63) is 67.1 Å². The molecule has 4 nitrogen and oxygen atoms in total. The number of nitrogens with one attached hydrogen (secondary N) is 1. The SMILES string of the molecule is CC(CNc1ccnc2cc(Cl)ccc12)OC(=O)[C]1[CH][CH][CH][CH]1. The zero-order valence-corrected chi connectivity index (χ0v) is 13.4. The highest BCUT2D eigenvalue weighted by molar-refractivity contribution is 6.31. The van der Waals surface area contributed by atoms with Gasteiger partial charge in [-0.2, -0.15) is 0 Å². The van der Waals surface area contributed by atoms with Crippen molar-refractivity contribution in [3.63, 3.8) is 0 Å². The minimum absolute atomic E-state index is 0.257. The number of anilines is 1. The smallest absolute Gasteiger partial charge is 0.314 e. The zero-order valence-electron chi connectivity index (χ0n) is 12.6.